The molecular weight excluding hydrogens is 304 g/mol. The SMILES string of the molecule is O=C(CCCNC(=O)C1CC1)N[C@@H]1CCCC[C@H]1OC1CCCC1. The van der Waals surface area contributed by atoms with Crippen LogP contribution in [0.25, 0.3) is 0 Å². The third-order valence-corrected chi connectivity index (χ3v) is 5.55. The lowest BCUT2D eigenvalue weighted by Crippen LogP contribution is -2.47. The molecular formula is C19H32N2O3. The van der Waals surface area contributed by atoms with E-state index in [9.17, 15) is 9.59 Å². The molecule has 24 heavy (non-hydrogen) atoms. The molecule has 3 aliphatic rings. The maximum Gasteiger partial charge on any atom is 0.223 e. The molecule has 3 fully saturated rings. The molecule has 136 valence electrons. The van der Waals surface area contributed by atoms with Gasteiger partial charge in [-0.05, 0) is 44.9 Å². The van der Waals surface area contributed by atoms with E-state index in [0.717, 1.165) is 25.7 Å². The molecule has 0 aliphatic heterocycles. The summed E-state index contributed by atoms with van der Waals surface area (Å²) in [6, 6.07) is 0.174. The summed E-state index contributed by atoms with van der Waals surface area (Å²) in [6.07, 6.45) is 13.2. The number of carbonyl (C=O) groups is 2. The second-order valence-electron chi connectivity index (χ2n) is 7.71. The van der Waals surface area contributed by atoms with Gasteiger partial charge in [0.2, 0.25) is 11.8 Å². The van der Waals surface area contributed by atoms with E-state index in [1.807, 2.05) is 0 Å². The van der Waals surface area contributed by atoms with Crippen LogP contribution in [-0.4, -0.2) is 36.6 Å². The van der Waals surface area contributed by atoms with Gasteiger partial charge in [0.05, 0.1) is 18.2 Å². The van der Waals surface area contributed by atoms with Crippen LogP contribution in [0, 0.1) is 5.92 Å². The molecule has 2 N–H and O–H groups in total. The van der Waals surface area contributed by atoms with Crippen LogP contribution >= 0.6 is 0 Å². The lowest BCUT2D eigenvalue weighted by atomic mass is 9.92. The van der Waals surface area contributed by atoms with Gasteiger partial charge in [-0.2, -0.15) is 0 Å². The van der Waals surface area contributed by atoms with E-state index in [1.54, 1.807) is 0 Å². The van der Waals surface area contributed by atoms with Gasteiger partial charge in [-0.15, -0.1) is 0 Å². The fourth-order valence-corrected chi connectivity index (χ4v) is 3.93. The summed E-state index contributed by atoms with van der Waals surface area (Å²) in [5, 5.41) is 6.11. The van der Waals surface area contributed by atoms with E-state index < -0.39 is 0 Å². The Bertz CT molecular complexity index is 430. The Hall–Kier alpha value is -1.10. The van der Waals surface area contributed by atoms with Crippen molar-refractivity contribution in [2.24, 2.45) is 5.92 Å². The zero-order chi connectivity index (χ0) is 16.8. The summed E-state index contributed by atoms with van der Waals surface area (Å²) < 4.78 is 6.28. The average molecular weight is 336 g/mol. The van der Waals surface area contributed by atoms with Gasteiger partial charge in [0.25, 0.3) is 0 Å². The van der Waals surface area contributed by atoms with Crippen LogP contribution in [-0.2, 0) is 14.3 Å². The zero-order valence-corrected chi connectivity index (χ0v) is 14.7. The van der Waals surface area contributed by atoms with E-state index in [4.69, 9.17) is 4.74 Å². The first kappa shape index (κ1) is 17.7. The standard InChI is InChI=1S/C19H32N2O3/c22-18(10-5-13-20-19(23)14-11-12-14)21-16-8-3-4-9-17(16)24-15-6-1-2-7-15/h14-17H,1-13H2,(H,20,23)(H,21,22)/t16-,17-/m1/s1. The molecule has 0 aromatic carbocycles. The van der Waals surface area contributed by atoms with E-state index in [2.05, 4.69) is 10.6 Å². The van der Waals surface area contributed by atoms with Crippen LogP contribution in [0.2, 0.25) is 0 Å². The molecule has 2 atom stereocenters. The van der Waals surface area contributed by atoms with Crippen molar-refractivity contribution >= 4 is 11.8 Å². The predicted octanol–water partition coefficient (Wildman–Crippen LogP) is 2.68. The van der Waals surface area contributed by atoms with Crippen LogP contribution < -0.4 is 10.6 Å². The van der Waals surface area contributed by atoms with Gasteiger partial charge in [-0.3, -0.25) is 9.59 Å². The number of hydrogen-bond acceptors (Lipinski definition) is 3. The smallest absolute Gasteiger partial charge is 0.223 e. The van der Waals surface area contributed by atoms with Crippen molar-refractivity contribution in [3.63, 3.8) is 0 Å². The molecule has 0 aromatic rings. The van der Waals surface area contributed by atoms with E-state index >= 15 is 0 Å². The first-order chi connectivity index (χ1) is 11.7. The highest BCUT2D eigenvalue weighted by atomic mass is 16.5. The molecule has 0 radical (unpaired) electrons. The fraction of sp³-hybridized carbons (Fsp3) is 0.895. The molecule has 0 aromatic heterocycles. The monoisotopic (exact) mass is 336 g/mol. The Labute approximate surface area is 145 Å². The summed E-state index contributed by atoms with van der Waals surface area (Å²) in [5.74, 6) is 0.505. The first-order valence-electron chi connectivity index (χ1n) is 9.95. The van der Waals surface area contributed by atoms with Gasteiger partial charge < -0.3 is 15.4 Å². The van der Waals surface area contributed by atoms with Crippen molar-refractivity contribution in [1.29, 1.82) is 0 Å². The lowest BCUT2D eigenvalue weighted by Gasteiger charge is -2.34. The molecule has 0 saturated heterocycles. The third kappa shape index (κ3) is 5.47. The average Bonchev–Trinajstić information content (AvgIpc) is 3.31. The maximum absolute atomic E-state index is 12.2. The molecule has 5 heteroatoms. The van der Waals surface area contributed by atoms with Crippen molar-refractivity contribution in [3.05, 3.63) is 0 Å². The predicted molar refractivity (Wildman–Crippen MR) is 92.5 cm³/mol. The van der Waals surface area contributed by atoms with Crippen LogP contribution in [0.3, 0.4) is 0 Å². The van der Waals surface area contributed by atoms with Gasteiger partial charge in [0, 0.05) is 18.9 Å². The van der Waals surface area contributed by atoms with Gasteiger partial charge in [0.1, 0.15) is 0 Å². The minimum Gasteiger partial charge on any atom is -0.373 e. The highest BCUT2D eigenvalue weighted by Gasteiger charge is 2.31. The fourth-order valence-electron chi connectivity index (χ4n) is 3.93. The lowest BCUT2D eigenvalue weighted by molar-refractivity contribution is -0.125. The van der Waals surface area contributed by atoms with Gasteiger partial charge in [-0.1, -0.05) is 25.7 Å². The quantitative estimate of drug-likeness (QED) is 0.670. The highest BCUT2D eigenvalue weighted by Crippen LogP contribution is 2.29. The van der Waals surface area contributed by atoms with E-state index in [0.29, 0.717) is 25.5 Å². The number of nitrogens with one attached hydrogen (secondary N) is 2. The highest BCUT2D eigenvalue weighted by molar-refractivity contribution is 5.81. The summed E-state index contributed by atoms with van der Waals surface area (Å²) in [4.78, 5) is 23.8. The minimum atomic E-state index is 0.0996. The largest absolute Gasteiger partial charge is 0.373 e. The molecule has 0 spiro atoms. The summed E-state index contributed by atoms with van der Waals surface area (Å²) in [7, 11) is 0. The Morgan fingerprint density at radius 1 is 0.917 bits per heavy atom. The molecule has 2 amide bonds. The summed E-state index contributed by atoms with van der Waals surface area (Å²) in [6.45, 7) is 0.607. The van der Waals surface area contributed by atoms with Gasteiger partial charge in [-0.25, -0.2) is 0 Å². The second-order valence-corrected chi connectivity index (χ2v) is 7.71. The van der Waals surface area contributed by atoms with Gasteiger partial charge >= 0.3 is 0 Å². The Kier molecular flexibility index (Phi) is 6.52. The number of hydrogen-bond donors (Lipinski definition) is 2. The van der Waals surface area contributed by atoms with Crippen molar-refractivity contribution in [2.45, 2.75) is 95.3 Å². The number of amides is 2. The van der Waals surface area contributed by atoms with Crippen LogP contribution in [0.1, 0.15) is 77.0 Å². The zero-order valence-electron chi connectivity index (χ0n) is 14.7. The molecule has 3 aliphatic carbocycles. The van der Waals surface area contributed by atoms with Crippen molar-refractivity contribution in [1.82, 2.24) is 10.6 Å². The normalized spacial score (nSPS) is 27.8. The Morgan fingerprint density at radius 3 is 2.38 bits per heavy atom. The number of carbonyl (C=O) groups excluding carboxylic acids is 2. The number of rotatable bonds is 8. The topological polar surface area (TPSA) is 67.4 Å². The molecule has 0 bridgehead atoms. The maximum atomic E-state index is 12.2. The molecule has 3 saturated carbocycles. The van der Waals surface area contributed by atoms with E-state index in [-0.39, 0.29) is 29.9 Å². The first-order valence-corrected chi connectivity index (χ1v) is 9.95. The Morgan fingerprint density at radius 2 is 1.62 bits per heavy atom. The Balaban J connectivity index is 1.34. The second kappa shape index (κ2) is 8.84. The van der Waals surface area contributed by atoms with Crippen molar-refractivity contribution in [2.75, 3.05) is 6.54 Å². The minimum absolute atomic E-state index is 0.0996. The van der Waals surface area contributed by atoms with E-state index in [1.165, 1.54) is 38.5 Å². The molecule has 0 heterocycles. The van der Waals surface area contributed by atoms with Crippen molar-refractivity contribution in [3.8, 4) is 0 Å². The molecule has 5 nitrogen and oxygen atoms in total. The van der Waals surface area contributed by atoms with Crippen LogP contribution in [0.5, 0.6) is 0 Å². The molecule has 0 unspecified atom stereocenters. The van der Waals surface area contributed by atoms with Crippen molar-refractivity contribution < 1.29 is 14.3 Å². The van der Waals surface area contributed by atoms with Gasteiger partial charge in [0.15, 0.2) is 0 Å². The van der Waals surface area contributed by atoms with Crippen LogP contribution in [0.15, 0.2) is 0 Å². The summed E-state index contributed by atoms with van der Waals surface area (Å²) >= 11 is 0. The third-order valence-electron chi connectivity index (χ3n) is 5.55. The van der Waals surface area contributed by atoms with Crippen LogP contribution in [0.4, 0.5) is 0 Å². The number of ether oxygens (including phenoxy) is 1. The molecule has 3 rings (SSSR count). The summed E-state index contributed by atoms with van der Waals surface area (Å²) in [5.41, 5.74) is 0.